The minimum atomic E-state index is -0.281. The van der Waals surface area contributed by atoms with Gasteiger partial charge in [0.15, 0.2) is 0 Å². The maximum absolute atomic E-state index is 13.1. The minimum Gasteiger partial charge on any atom is -0.507 e. The highest BCUT2D eigenvalue weighted by atomic mass is 16.5. The molecule has 1 atom stereocenters. The minimum absolute atomic E-state index is 0.106. The lowest BCUT2D eigenvalue weighted by molar-refractivity contribution is 0.0677. The van der Waals surface area contributed by atoms with Crippen LogP contribution in [0.25, 0.3) is 11.3 Å². The summed E-state index contributed by atoms with van der Waals surface area (Å²) in [4.78, 5) is 14.9. The Balaban J connectivity index is 1.86. The molecule has 3 aromatic rings. The summed E-state index contributed by atoms with van der Waals surface area (Å²) in [7, 11) is 1.62. The molecule has 6 nitrogen and oxygen atoms in total. The van der Waals surface area contributed by atoms with Crippen LogP contribution in [0.1, 0.15) is 40.1 Å². The summed E-state index contributed by atoms with van der Waals surface area (Å²) in [5.41, 5.74) is 4.73. The molecule has 1 aliphatic rings. The first-order chi connectivity index (χ1) is 13.7. The fraction of sp³-hybridized carbons (Fsp3) is 0.273. The van der Waals surface area contributed by atoms with Crippen LogP contribution in [0.4, 0.5) is 0 Å². The highest BCUT2D eigenvalue weighted by molar-refractivity contribution is 6.00. The number of phenols is 1. The number of aromatic hydroxyl groups is 1. The summed E-state index contributed by atoms with van der Waals surface area (Å²) < 4.78 is 5.22. The number of ether oxygens (including phenoxy) is 1. The number of carbonyl (C=O) groups excluding carboxylic acids is 1. The maximum Gasteiger partial charge on any atom is 0.273 e. The van der Waals surface area contributed by atoms with Gasteiger partial charge < -0.3 is 14.7 Å². The highest BCUT2D eigenvalue weighted by Gasteiger charge is 2.42. The maximum atomic E-state index is 13.1. The van der Waals surface area contributed by atoms with Gasteiger partial charge in [-0.2, -0.15) is 5.10 Å². The molecular weight excluding hydrogens is 354 g/mol. The Morgan fingerprint density at radius 1 is 1.18 bits per heavy atom. The molecule has 0 spiro atoms. The van der Waals surface area contributed by atoms with Gasteiger partial charge >= 0.3 is 0 Å². The van der Waals surface area contributed by atoms with Crippen LogP contribution in [0.3, 0.4) is 0 Å². The van der Waals surface area contributed by atoms with Crippen molar-refractivity contribution in [3.8, 4) is 17.0 Å². The molecule has 28 heavy (non-hydrogen) atoms. The van der Waals surface area contributed by atoms with Crippen molar-refractivity contribution < 1.29 is 14.6 Å². The van der Waals surface area contributed by atoms with Crippen LogP contribution in [0.2, 0.25) is 0 Å². The van der Waals surface area contributed by atoms with Crippen LogP contribution in [-0.2, 0) is 11.2 Å². The number of aromatic nitrogens is 2. The van der Waals surface area contributed by atoms with E-state index in [1.54, 1.807) is 24.1 Å². The Bertz CT molecular complexity index is 995. The summed E-state index contributed by atoms with van der Waals surface area (Å²) in [6.07, 6.45) is 0.956. The first-order valence-corrected chi connectivity index (χ1v) is 9.41. The number of phenolic OH excluding ortho intramolecular Hbond substituents is 1. The van der Waals surface area contributed by atoms with Gasteiger partial charge in [-0.05, 0) is 29.7 Å². The molecule has 144 valence electrons. The molecule has 4 rings (SSSR count). The van der Waals surface area contributed by atoms with Gasteiger partial charge in [-0.1, -0.05) is 43.3 Å². The zero-order valence-electron chi connectivity index (χ0n) is 16.0. The zero-order chi connectivity index (χ0) is 19.7. The number of benzene rings is 2. The Kier molecular flexibility index (Phi) is 4.88. The first-order valence-electron chi connectivity index (χ1n) is 9.41. The third kappa shape index (κ3) is 2.96. The zero-order valence-corrected chi connectivity index (χ0v) is 16.0. The summed E-state index contributed by atoms with van der Waals surface area (Å²) in [6, 6.07) is 15.1. The number of hydrogen-bond donors (Lipinski definition) is 2. The number of methoxy groups -OCH3 is 1. The molecular formula is C22H23N3O3. The van der Waals surface area contributed by atoms with Crippen LogP contribution < -0.4 is 0 Å². The second kappa shape index (κ2) is 7.48. The number of aryl methyl sites for hydroxylation is 1. The number of rotatable bonds is 6. The van der Waals surface area contributed by atoms with E-state index in [9.17, 15) is 9.90 Å². The number of H-pyrrole nitrogens is 1. The Labute approximate surface area is 163 Å². The van der Waals surface area contributed by atoms with E-state index in [-0.39, 0.29) is 17.7 Å². The molecule has 0 radical (unpaired) electrons. The number of hydrogen-bond acceptors (Lipinski definition) is 4. The van der Waals surface area contributed by atoms with E-state index >= 15 is 0 Å². The molecule has 2 N–H and O–H groups in total. The lowest BCUT2D eigenvalue weighted by Gasteiger charge is -2.26. The molecule has 0 aliphatic carbocycles. The van der Waals surface area contributed by atoms with E-state index in [4.69, 9.17) is 4.74 Å². The van der Waals surface area contributed by atoms with Crippen molar-refractivity contribution in [2.24, 2.45) is 0 Å². The molecule has 2 heterocycles. The Hall–Kier alpha value is -3.12. The van der Waals surface area contributed by atoms with Crippen LogP contribution in [-0.4, -0.2) is 46.4 Å². The molecule has 1 aromatic heterocycles. The van der Waals surface area contributed by atoms with Gasteiger partial charge in [-0.15, -0.1) is 0 Å². The molecule has 0 saturated carbocycles. The van der Waals surface area contributed by atoms with Gasteiger partial charge in [0.25, 0.3) is 5.91 Å². The topological polar surface area (TPSA) is 78.5 Å². The SMILES string of the molecule is CCc1ccc(C2c3c(-c4ccccc4O)n[nH]c3C(=O)N2CCOC)cc1. The molecule has 1 aliphatic heterocycles. The van der Waals surface area contributed by atoms with Gasteiger partial charge in [0.2, 0.25) is 0 Å². The standard InChI is InChI=1S/C22H23N3O3/c1-3-14-8-10-15(11-9-14)21-18-19(16-6-4-5-7-17(16)26)23-24-20(18)22(27)25(21)12-13-28-2/h4-11,21,26H,3,12-13H2,1-2H3,(H,23,24). The predicted octanol–water partition coefficient (Wildman–Crippen LogP) is 3.54. The fourth-order valence-electron chi connectivity index (χ4n) is 3.78. The fourth-order valence-corrected chi connectivity index (χ4v) is 3.78. The summed E-state index contributed by atoms with van der Waals surface area (Å²) in [6.45, 7) is 3.03. The highest BCUT2D eigenvalue weighted by Crippen LogP contribution is 2.44. The summed E-state index contributed by atoms with van der Waals surface area (Å²) in [5.74, 6) is 0.0328. The van der Waals surface area contributed by atoms with Gasteiger partial charge in [-0.3, -0.25) is 9.89 Å². The van der Waals surface area contributed by atoms with Gasteiger partial charge in [-0.25, -0.2) is 0 Å². The predicted molar refractivity (Wildman–Crippen MR) is 106 cm³/mol. The molecule has 6 heteroatoms. The van der Waals surface area contributed by atoms with E-state index < -0.39 is 0 Å². The second-order valence-electron chi connectivity index (χ2n) is 6.87. The van der Waals surface area contributed by atoms with Gasteiger partial charge in [0, 0.05) is 24.8 Å². The first kappa shape index (κ1) is 18.3. The van der Waals surface area contributed by atoms with Crippen molar-refractivity contribution in [3.05, 3.63) is 70.9 Å². The number of nitrogens with zero attached hydrogens (tertiary/aromatic N) is 2. The third-order valence-electron chi connectivity index (χ3n) is 5.26. The monoisotopic (exact) mass is 377 g/mol. The average Bonchev–Trinajstić information content (AvgIpc) is 3.26. The molecule has 1 unspecified atom stereocenters. The lowest BCUT2D eigenvalue weighted by Crippen LogP contribution is -2.32. The molecule has 0 saturated heterocycles. The van der Waals surface area contributed by atoms with Crippen LogP contribution in [0.15, 0.2) is 48.5 Å². The van der Waals surface area contributed by atoms with Crippen molar-refractivity contribution in [1.82, 2.24) is 15.1 Å². The Morgan fingerprint density at radius 3 is 2.61 bits per heavy atom. The smallest absolute Gasteiger partial charge is 0.273 e. The van der Waals surface area contributed by atoms with E-state index in [2.05, 4.69) is 41.4 Å². The molecule has 2 aromatic carbocycles. The van der Waals surface area contributed by atoms with Crippen molar-refractivity contribution in [3.63, 3.8) is 0 Å². The Morgan fingerprint density at radius 2 is 1.93 bits per heavy atom. The van der Waals surface area contributed by atoms with Crippen LogP contribution in [0.5, 0.6) is 5.75 Å². The van der Waals surface area contributed by atoms with Gasteiger partial charge in [0.1, 0.15) is 17.1 Å². The number of amides is 1. The number of carbonyl (C=O) groups is 1. The van der Waals surface area contributed by atoms with Crippen molar-refractivity contribution >= 4 is 5.91 Å². The quantitative estimate of drug-likeness (QED) is 0.689. The molecule has 0 fully saturated rings. The van der Waals surface area contributed by atoms with Gasteiger partial charge in [0.05, 0.1) is 12.6 Å². The molecule has 1 amide bonds. The van der Waals surface area contributed by atoms with Crippen molar-refractivity contribution in [2.75, 3.05) is 20.3 Å². The normalized spacial score (nSPS) is 15.9. The second-order valence-corrected chi connectivity index (χ2v) is 6.87. The van der Waals surface area contributed by atoms with Crippen molar-refractivity contribution in [2.45, 2.75) is 19.4 Å². The summed E-state index contributed by atoms with van der Waals surface area (Å²) >= 11 is 0. The molecule has 0 bridgehead atoms. The average molecular weight is 377 g/mol. The van der Waals surface area contributed by atoms with E-state index in [1.165, 1.54) is 5.56 Å². The third-order valence-corrected chi connectivity index (χ3v) is 5.26. The summed E-state index contributed by atoms with van der Waals surface area (Å²) in [5, 5.41) is 17.6. The van der Waals surface area contributed by atoms with Crippen molar-refractivity contribution in [1.29, 1.82) is 0 Å². The number of aromatic amines is 1. The number of nitrogens with one attached hydrogen (secondary N) is 1. The van der Waals surface area contributed by atoms with Crippen LogP contribution >= 0.6 is 0 Å². The lowest BCUT2D eigenvalue weighted by atomic mass is 9.95. The largest absolute Gasteiger partial charge is 0.507 e. The number of fused-ring (bicyclic) bond motifs is 1. The number of para-hydroxylation sites is 1. The van der Waals surface area contributed by atoms with E-state index in [0.717, 1.165) is 17.5 Å². The van der Waals surface area contributed by atoms with E-state index in [1.807, 2.05) is 12.1 Å². The van der Waals surface area contributed by atoms with Crippen LogP contribution in [0, 0.1) is 0 Å². The van der Waals surface area contributed by atoms with E-state index in [0.29, 0.717) is 30.1 Å².